The van der Waals surface area contributed by atoms with E-state index in [1.807, 2.05) is 85.8 Å². The summed E-state index contributed by atoms with van der Waals surface area (Å²) in [7, 11) is 0. The Balaban J connectivity index is 1.52. The average Bonchev–Trinajstić information content (AvgIpc) is 3.35. The lowest BCUT2D eigenvalue weighted by atomic mass is 10.1. The summed E-state index contributed by atoms with van der Waals surface area (Å²) >= 11 is 1.39. The molecule has 0 N–H and O–H groups in total. The van der Waals surface area contributed by atoms with Crippen LogP contribution in [0, 0.1) is 6.92 Å². The Hall–Kier alpha value is -3.51. The van der Waals surface area contributed by atoms with Gasteiger partial charge in [-0.15, -0.1) is 0 Å². The van der Waals surface area contributed by atoms with Gasteiger partial charge in [0.25, 0.3) is 5.91 Å². The van der Waals surface area contributed by atoms with Gasteiger partial charge >= 0.3 is 0 Å². The number of hydrogen-bond donors (Lipinski definition) is 0. The van der Waals surface area contributed by atoms with Crippen LogP contribution < -0.4 is 9.47 Å². The number of para-hydroxylation sites is 1. The maximum Gasteiger partial charge on any atom is 0.267 e. The molecule has 3 aromatic rings. The summed E-state index contributed by atoms with van der Waals surface area (Å²) in [5, 5.41) is 0.671. The normalized spacial score (nSPS) is 17.7. The minimum absolute atomic E-state index is 0.0550. The van der Waals surface area contributed by atoms with Crippen molar-refractivity contribution >= 4 is 34.6 Å². The number of hydrogen-bond acceptors (Lipinski definition) is 5. The zero-order valence-electron chi connectivity index (χ0n) is 16.9. The third kappa shape index (κ3) is 4.07. The van der Waals surface area contributed by atoms with Gasteiger partial charge in [0.15, 0.2) is 16.7 Å². The van der Waals surface area contributed by atoms with E-state index in [1.54, 1.807) is 4.90 Å². The lowest BCUT2D eigenvalue weighted by Gasteiger charge is -2.15. The zero-order chi connectivity index (χ0) is 21.2. The van der Waals surface area contributed by atoms with Crippen LogP contribution >= 0.6 is 11.8 Å². The number of thioether (sulfide) groups is 1. The Morgan fingerprint density at radius 1 is 1.00 bits per heavy atom. The second-order valence-corrected chi connectivity index (χ2v) is 8.29. The van der Waals surface area contributed by atoms with Crippen LogP contribution in [0.1, 0.15) is 16.7 Å². The molecule has 0 spiro atoms. The SMILES string of the molecule is Cc1cc2c(cc1/C=C1/SC(=Nc3ccccc3)N(Cc3ccccc3)C1=O)OCO2. The van der Waals surface area contributed by atoms with Crippen molar-refractivity contribution in [1.29, 1.82) is 0 Å². The molecule has 3 aromatic carbocycles. The molecule has 1 fully saturated rings. The van der Waals surface area contributed by atoms with Crippen molar-refractivity contribution in [3.05, 3.63) is 94.4 Å². The fraction of sp³-hybridized carbons (Fsp3) is 0.120. The Morgan fingerprint density at radius 2 is 1.68 bits per heavy atom. The third-order valence-electron chi connectivity index (χ3n) is 5.10. The molecule has 5 nitrogen and oxygen atoms in total. The molecule has 0 aromatic heterocycles. The number of carbonyl (C=O) groups is 1. The first-order valence-electron chi connectivity index (χ1n) is 9.97. The summed E-state index contributed by atoms with van der Waals surface area (Å²) in [6.45, 7) is 2.69. The van der Waals surface area contributed by atoms with Crippen LogP contribution in [0.2, 0.25) is 0 Å². The van der Waals surface area contributed by atoms with E-state index < -0.39 is 0 Å². The summed E-state index contributed by atoms with van der Waals surface area (Å²) in [6, 6.07) is 23.5. The standard InChI is InChI=1S/C25H20N2O3S/c1-17-12-21-22(30-16-29-21)13-19(17)14-23-24(28)27(15-18-8-4-2-5-9-18)25(31-23)26-20-10-6-3-7-11-20/h2-14H,15-16H2,1H3/b23-14+,26-25?. The summed E-state index contributed by atoms with van der Waals surface area (Å²) in [6.07, 6.45) is 1.91. The van der Waals surface area contributed by atoms with E-state index in [0.717, 1.165) is 28.1 Å². The van der Waals surface area contributed by atoms with Gasteiger partial charge in [-0.1, -0.05) is 48.5 Å². The number of carbonyl (C=O) groups excluding carboxylic acids is 1. The quantitative estimate of drug-likeness (QED) is 0.513. The predicted octanol–water partition coefficient (Wildman–Crippen LogP) is 5.53. The molecule has 0 radical (unpaired) electrons. The number of amides is 1. The highest BCUT2D eigenvalue weighted by Gasteiger charge is 2.33. The van der Waals surface area contributed by atoms with Crippen LogP contribution in [0.25, 0.3) is 6.08 Å². The molecule has 154 valence electrons. The number of fused-ring (bicyclic) bond motifs is 1. The first kappa shape index (κ1) is 19.5. The van der Waals surface area contributed by atoms with Crippen molar-refractivity contribution in [1.82, 2.24) is 4.90 Å². The van der Waals surface area contributed by atoms with Gasteiger partial charge in [0, 0.05) is 0 Å². The number of ether oxygens (including phenoxy) is 2. The molecule has 0 atom stereocenters. The minimum Gasteiger partial charge on any atom is -0.454 e. The largest absolute Gasteiger partial charge is 0.454 e. The lowest BCUT2D eigenvalue weighted by Crippen LogP contribution is -2.28. The van der Waals surface area contributed by atoms with E-state index in [1.165, 1.54) is 11.8 Å². The van der Waals surface area contributed by atoms with Crippen molar-refractivity contribution in [3.63, 3.8) is 0 Å². The Bertz CT molecular complexity index is 1190. The number of rotatable bonds is 4. The molecule has 0 unspecified atom stereocenters. The van der Waals surface area contributed by atoms with Crippen molar-refractivity contribution in [2.45, 2.75) is 13.5 Å². The lowest BCUT2D eigenvalue weighted by molar-refractivity contribution is -0.122. The van der Waals surface area contributed by atoms with E-state index in [-0.39, 0.29) is 12.7 Å². The molecule has 2 aliphatic heterocycles. The van der Waals surface area contributed by atoms with Crippen molar-refractivity contribution in [2.24, 2.45) is 4.99 Å². The molecule has 2 aliphatic rings. The molecule has 0 bridgehead atoms. The first-order valence-corrected chi connectivity index (χ1v) is 10.8. The van der Waals surface area contributed by atoms with Crippen LogP contribution in [-0.2, 0) is 11.3 Å². The van der Waals surface area contributed by atoms with Crippen LogP contribution in [0.4, 0.5) is 5.69 Å². The molecule has 1 amide bonds. The smallest absolute Gasteiger partial charge is 0.267 e. The maximum absolute atomic E-state index is 13.4. The Kier molecular flexibility index (Phi) is 5.22. The van der Waals surface area contributed by atoms with E-state index in [0.29, 0.717) is 22.4 Å². The number of benzene rings is 3. The molecule has 0 aliphatic carbocycles. The number of aryl methyl sites for hydroxylation is 1. The van der Waals surface area contributed by atoms with Gasteiger partial charge in [0.1, 0.15) is 0 Å². The average molecular weight is 429 g/mol. The number of amidine groups is 1. The Morgan fingerprint density at radius 3 is 2.42 bits per heavy atom. The Labute approximate surface area is 185 Å². The first-order chi connectivity index (χ1) is 15.2. The molecule has 5 rings (SSSR count). The van der Waals surface area contributed by atoms with Gasteiger partial charge in [-0.05, 0) is 65.7 Å². The van der Waals surface area contributed by atoms with Crippen LogP contribution in [0.15, 0.2) is 82.7 Å². The highest BCUT2D eigenvalue weighted by atomic mass is 32.2. The highest BCUT2D eigenvalue weighted by Crippen LogP contribution is 2.39. The van der Waals surface area contributed by atoms with Crippen molar-refractivity contribution < 1.29 is 14.3 Å². The van der Waals surface area contributed by atoms with E-state index >= 15 is 0 Å². The molecule has 1 saturated heterocycles. The van der Waals surface area contributed by atoms with Crippen LogP contribution in [0.5, 0.6) is 11.5 Å². The topological polar surface area (TPSA) is 51.1 Å². The second-order valence-electron chi connectivity index (χ2n) is 7.28. The molecular weight excluding hydrogens is 408 g/mol. The summed E-state index contributed by atoms with van der Waals surface area (Å²) < 4.78 is 11.0. The van der Waals surface area contributed by atoms with Crippen molar-refractivity contribution in [2.75, 3.05) is 6.79 Å². The molecular formula is C25H20N2O3S. The predicted molar refractivity (Wildman–Crippen MR) is 123 cm³/mol. The van der Waals surface area contributed by atoms with Gasteiger partial charge < -0.3 is 9.47 Å². The second kappa shape index (κ2) is 8.32. The monoisotopic (exact) mass is 428 g/mol. The van der Waals surface area contributed by atoms with Crippen molar-refractivity contribution in [3.8, 4) is 11.5 Å². The minimum atomic E-state index is -0.0550. The summed E-state index contributed by atoms with van der Waals surface area (Å²) in [4.78, 5) is 20.5. The number of aliphatic imine (C=N–C) groups is 1. The van der Waals surface area contributed by atoms with E-state index in [9.17, 15) is 4.79 Å². The summed E-state index contributed by atoms with van der Waals surface area (Å²) in [5.74, 6) is 1.38. The van der Waals surface area contributed by atoms with Gasteiger partial charge in [0.05, 0.1) is 17.1 Å². The van der Waals surface area contributed by atoms with Crippen LogP contribution in [-0.4, -0.2) is 22.8 Å². The van der Waals surface area contributed by atoms with Gasteiger partial charge in [-0.3, -0.25) is 9.69 Å². The summed E-state index contributed by atoms with van der Waals surface area (Å²) in [5.41, 5.74) is 3.82. The molecule has 0 saturated carbocycles. The van der Waals surface area contributed by atoms with Gasteiger partial charge in [0.2, 0.25) is 6.79 Å². The highest BCUT2D eigenvalue weighted by molar-refractivity contribution is 8.18. The fourth-order valence-corrected chi connectivity index (χ4v) is 4.45. The fourth-order valence-electron chi connectivity index (χ4n) is 3.47. The zero-order valence-corrected chi connectivity index (χ0v) is 17.8. The third-order valence-corrected chi connectivity index (χ3v) is 6.11. The van der Waals surface area contributed by atoms with Crippen LogP contribution in [0.3, 0.4) is 0 Å². The van der Waals surface area contributed by atoms with Gasteiger partial charge in [-0.2, -0.15) is 0 Å². The molecule has 6 heteroatoms. The molecule has 2 heterocycles. The van der Waals surface area contributed by atoms with E-state index in [4.69, 9.17) is 14.5 Å². The van der Waals surface area contributed by atoms with E-state index in [2.05, 4.69) is 0 Å². The van der Waals surface area contributed by atoms with Gasteiger partial charge in [-0.25, -0.2) is 4.99 Å². The molecule has 31 heavy (non-hydrogen) atoms. The number of nitrogens with zero attached hydrogens (tertiary/aromatic N) is 2. The maximum atomic E-state index is 13.4.